The molecule has 136 valence electrons. The van der Waals surface area contributed by atoms with Gasteiger partial charge in [-0.1, -0.05) is 12.1 Å². The van der Waals surface area contributed by atoms with Gasteiger partial charge in [-0.25, -0.2) is 0 Å². The second kappa shape index (κ2) is 5.72. The third-order valence-corrected chi connectivity index (χ3v) is 4.87. The number of phenols is 1. The highest BCUT2D eigenvalue weighted by Gasteiger charge is 2.44. The first-order valence-corrected chi connectivity index (χ1v) is 8.48. The van der Waals surface area contributed by atoms with Crippen LogP contribution in [-0.4, -0.2) is 32.8 Å². The number of ketones is 1. The van der Waals surface area contributed by atoms with Crippen molar-refractivity contribution in [1.29, 1.82) is 0 Å². The van der Waals surface area contributed by atoms with Crippen molar-refractivity contribution in [3.63, 3.8) is 0 Å². The van der Waals surface area contributed by atoms with Gasteiger partial charge in [0.05, 0.1) is 17.6 Å². The highest BCUT2D eigenvalue weighted by Crippen LogP contribution is 2.46. The van der Waals surface area contributed by atoms with Gasteiger partial charge in [-0.3, -0.25) is 4.79 Å². The molecule has 4 rings (SSSR count). The molecule has 0 unspecified atom stereocenters. The number of fused-ring (bicyclic) bond motifs is 2. The van der Waals surface area contributed by atoms with Gasteiger partial charge < -0.3 is 24.8 Å². The van der Waals surface area contributed by atoms with Gasteiger partial charge in [0, 0.05) is 11.6 Å². The third-order valence-electron chi connectivity index (χ3n) is 4.87. The molecule has 0 aliphatic carbocycles. The lowest BCUT2D eigenvalue weighted by Gasteiger charge is -2.27. The van der Waals surface area contributed by atoms with Gasteiger partial charge in [-0.05, 0) is 37.6 Å². The van der Waals surface area contributed by atoms with E-state index in [1.807, 2.05) is 0 Å². The van der Waals surface area contributed by atoms with Gasteiger partial charge in [0.1, 0.15) is 29.5 Å². The molecule has 2 heterocycles. The molecule has 0 saturated carbocycles. The molecule has 2 aliphatic rings. The second-order valence-electron chi connectivity index (χ2n) is 7.35. The Balaban J connectivity index is 1.68. The Bertz CT molecular complexity index is 865. The van der Waals surface area contributed by atoms with Gasteiger partial charge in [-0.2, -0.15) is 0 Å². The molecule has 2 aromatic rings. The first-order valence-electron chi connectivity index (χ1n) is 8.48. The summed E-state index contributed by atoms with van der Waals surface area (Å²) in [5, 5.41) is 30.1. The summed E-state index contributed by atoms with van der Waals surface area (Å²) in [6, 6.07) is 9.73. The average Bonchev–Trinajstić information content (AvgIpc) is 2.90. The fraction of sp³-hybridized carbons (Fsp3) is 0.350. The summed E-state index contributed by atoms with van der Waals surface area (Å²) in [7, 11) is 0. The largest absolute Gasteiger partial charge is 0.508 e. The molecule has 0 spiro atoms. The lowest BCUT2D eigenvalue weighted by atomic mass is 9.91. The number of hydrogen-bond acceptors (Lipinski definition) is 6. The van der Waals surface area contributed by atoms with Crippen LogP contribution in [0.25, 0.3) is 0 Å². The maximum Gasteiger partial charge on any atom is 0.170 e. The predicted octanol–water partition coefficient (Wildman–Crippen LogP) is 2.66. The Morgan fingerprint density at radius 3 is 2.42 bits per heavy atom. The molecule has 2 aromatic carbocycles. The van der Waals surface area contributed by atoms with Gasteiger partial charge in [0.25, 0.3) is 0 Å². The first-order chi connectivity index (χ1) is 12.2. The molecule has 6 nitrogen and oxygen atoms in total. The lowest BCUT2D eigenvalue weighted by Crippen LogP contribution is -2.41. The maximum absolute atomic E-state index is 12.6. The Kier molecular flexibility index (Phi) is 3.71. The molecule has 0 fully saturated rings. The smallest absolute Gasteiger partial charge is 0.170 e. The number of carbonyl (C=O) groups is 1. The summed E-state index contributed by atoms with van der Waals surface area (Å²) in [5.74, 6) is 0.851. The molecule has 3 atom stereocenters. The number of benzene rings is 2. The number of phenolic OH excluding ortho intramolecular Hbond substituents is 1. The summed E-state index contributed by atoms with van der Waals surface area (Å²) in [5.41, 5.74) is 0.435. The number of rotatable bonds is 2. The lowest BCUT2D eigenvalue weighted by molar-refractivity contribution is -0.0763. The SMILES string of the molecule is CC(C)(O)[C@H]1Oc2cc3c(cc2[C@@H]1O)C(=O)C[C@H](c1ccc(O)cc1)O3. The van der Waals surface area contributed by atoms with Crippen molar-refractivity contribution in [2.75, 3.05) is 0 Å². The van der Waals surface area contributed by atoms with E-state index in [0.717, 1.165) is 5.56 Å². The van der Waals surface area contributed by atoms with Gasteiger partial charge in [0.2, 0.25) is 0 Å². The monoisotopic (exact) mass is 356 g/mol. The number of aliphatic hydroxyl groups is 2. The number of ether oxygens (including phenoxy) is 2. The summed E-state index contributed by atoms with van der Waals surface area (Å²) in [4.78, 5) is 12.6. The molecule has 0 aromatic heterocycles. The van der Waals surface area contributed by atoms with E-state index in [4.69, 9.17) is 9.47 Å². The molecule has 0 radical (unpaired) electrons. The van der Waals surface area contributed by atoms with Crippen LogP contribution in [0.2, 0.25) is 0 Å². The number of aromatic hydroxyl groups is 1. The normalized spacial score (nSPS) is 24.5. The van der Waals surface area contributed by atoms with E-state index in [9.17, 15) is 20.1 Å². The zero-order chi connectivity index (χ0) is 18.6. The van der Waals surface area contributed by atoms with Crippen LogP contribution < -0.4 is 9.47 Å². The van der Waals surface area contributed by atoms with Crippen LogP contribution in [0.3, 0.4) is 0 Å². The Morgan fingerprint density at radius 2 is 1.77 bits per heavy atom. The van der Waals surface area contributed by atoms with Crippen LogP contribution in [0.1, 0.15) is 54.0 Å². The van der Waals surface area contributed by atoms with E-state index in [1.165, 1.54) is 0 Å². The first kappa shape index (κ1) is 16.9. The Morgan fingerprint density at radius 1 is 1.08 bits per heavy atom. The highest BCUT2D eigenvalue weighted by atomic mass is 16.5. The zero-order valence-corrected chi connectivity index (χ0v) is 14.5. The zero-order valence-electron chi connectivity index (χ0n) is 14.5. The molecule has 0 bridgehead atoms. The minimum absolute atomic E-state index is 0.0916. The summed E-state index contributed by atoms with van der Waals surface area (Å²) >= 11 is 0. The van der Waals surface area contributed by atoms with E-state index in [0.29, 0.717) is 22.6 Å². The molecule has 0 saturated heterocycles. The van der Waals surface area contributed by atoms with Crippen LogP contribution in [0, 0.1) is 0 Å². The van der Waals surface area contributed by atoms with Crippen LogP contribution in [0.5, 0.6) is 17.2 Å². The van der Waals surface area contributed by atoms with E-state index in [1.54, 1.807) is 50.2 Å². The van der Waals surface area contributed by atoms with E-state index >= 15 is 0 Å². The van der Waals surface area contributed by atoms with Gasteiger partial charge in [0.15, 0.2) is 11.9 Å². The number of Topliss-reactive ketones (excluding diaryl/α,β-unsaturated/α-hetero) is 1. The third kappa shape index (κ3) is 2.71. The maximum atomic E-state index is 12.6. The van der Waals surface area contributed by atoms with Crippen molar-refractivity contribution in [3.8, 4) is 17.2 Å². The highest BCUT2D eigenvalue weighted by molar-refractivity contribution is 6.00. The van der Waals surface area contributed by atoms with E-state index < -0.39 is 23.9 Å². The molecule has 2 aliphatic heterocycles. The van der Waals surface area contributed by atoms with Crippen LogP contribution >= 0.6 is 0 Å². The van der Waals surface area contributed by atoms with Crippen molar-refractivity contribution in [3.05, 3.63) is 53.1 Å². The van der Waals surface area contributed by atoms with Crippen molar-refractivity contribution < 1.29 is 29.6 Å². The molecular weight excluding hydrogens is 336 g/mol. The van der Waals surface area contributed by atoms with Crippen LogP contribution in [0.4, 0.5) is 0 Å². The van der Waals surface area contributed by atoms with Crippen molar-refractivity contribution in [2.24, 2.45) is 0 Å². The number of aliphatic hydroxyl groups excluding tert-OH is 1. The van der Waals surface area contributed by atoms with E-state index in [2.05, 4.69) is 0 Å². The summed E-state index contributed by atoms with van der Waals surface area (Å²) < 4.78 is 11.7. The standard InChI is InChI=1S/C20H20O6/c1-20(2,24)19-18(23)13-7-12-14(22)8-15(10-3-5-11(21)6-4-10)25-16(12)9-17(13)26-19/h3-7,9,15,18-19,21,23-24H,8H2,1-2H3/t15-,18+,19+/m1/s1. The molecule has 0 amide bonds. The summed E-state index contributed by atoms with van der Waals surface area (Å²) in [6.45, 7) is 3.13. The number of carbonyl (C=O) groups excluding carboxylic acids is 1. The molecule has 3 N–H and O–H groups in total. The molecular formula is C20H20O6. The van der Waals surface area contributed by atoms with Gasteiger partial charge in [-0.15, -0.1) is 0 Å². The van der Waals surface area contributed by atoms with E-state index in [-0.39, 0.29) is 18.0 Å². The Labute approximate surface area is 150 Å². The average molecular weight is 356 g/mol. The number of hydrogen-bond donors (Lipinski definition) is 3. The molecule has 26 heavy (non-hydrogen) atoms. The topological polar surface area (TPSA) is 96.2 Å². The van der Waals surface area contributed by atoms with Crippen LogP contribution in [0.15, 0.2) is 36.4 Å². The van der Waals surface area contributed by atoms with Gasteiger partial charge >= 0.3 is 0 Å². The fourth-order valence-electron chi connectivity index (χ4n) is 3.47. The minimum Gasteiger partial charge on any atom is -0.508 e. The van der Waals surface area contributed by atoms with Crippen molar-refractivity contribution in [2.45, 2.75) is 44.2 Å². The predicted molar refractivity (Wildman–Crippen MR) is 92.5 cm³/mol. The Hall–Kier alpha value is -2.57. The summed E-state index contributed by atoms with van der Waals surface area (Å²) in [6.07, 6.45) is -2.12. The quantitative estimate of drug-likeness (QED) is 0.766. The second-order valence-corrected chi connectivity index (χ2v) is 7.35. The van der Waals surface area contributed by atoms with Crippen LogP contribution in [-0.2, 0) is 0 Å². The fourth-order valence-corrected chi connectivity index (χ4v) is 3.47. The van der Waals surface area contributed by atoms with Crippen molar-refractivity contribution >= 4 is 5.78 Å². The minimum atomic E-state index is -1.24. The van der Waals surface area contributed by atoms with Crippen molar-refractivity contribution in [1.82, 2.24) is 0 Å². The molecule has 6 heteroatoms.